The maximum absolute atomic E-state index is 9.89. The molecule has 0 bridgehead atoms. The van der Waals surface area contributed by atoms with Crippen LogP contribution in [0.1, 0.15) is 31.9 Å². The van der Waals surface area contributed by atoms with Gasteiger partial charge in [0, 0.05) is 12.2 Å². The molecule has 1 rings (SSSR count). The quantitative estimate of drug-likeness (QED) is 0.509. The van der Waals surface area contributed by atoms with Crippen LogP contribution in [0.25, 0.3) is 0 Å². The summed E-state index contributed by atoms with van der Waals surface area (Å²) in [6.45, 7) is 5.90. The molecule has 0 aliphatic heterocycles. The monoisotopic (exact) mass is 222 g/mol. The SMILES string of the molecule is CC(C)CCNCC(O)c1cccc(N)c1. The van der Waals surface area contributed by atoms with Gasteiger partial charge in [0.15, 0.2) is 0 Å². The van der Waals surface area contributed by atoms with Crippen LogP contribution in [0.15, 0.2) is 24.3 Å². The summed E-state index contributed by atoms with van der Waals surface area (Å²) >= 11 is 0. The number of benzene rings is 1. The van der Waals surface area contributed by atoms with Crippen molar-refractivity contribution in [2.45, 2.75) is 26.4 Å². The maximum atomic E-state index is 9.89. The van der Waals surface area contributed by atoms with E-state index in [1.54, 1.807) is 0 Å². The second kappa shape index (κ2) is 6.51. The highest BCUT2D eigenvalue weighted by molar-refractivity contribution is 5.41. The number of nitrogens with two attached hydrogens (primary N) is 1. The predicted molar refractivity (Wildman–Crippen MR) is 68.1 cm³/mol. The van der Waals surface area contributed by atoms with Gasteiger partial charge in [0.05, 0.1) is 6.10 Å². The number of rotatable bonds is 6. The Kier molecular flexibility index (Phi) is 5.29. The van der Waals surface area contributed by atoms with E-state index in [4.69, 9.17) is 5.73 Å². The summed E-state index contributed by atoms with van der Waals surface area (Å²) in [5.41, 5.74) is 7.22. The van der Waals surface area contributed by atoms with E-state index < -0.39 is 6.10 Å². The summed E-state index contributed by atoms with van der Waals surface area (Å²) in [7, 11) is 0. The van der Waals surface area contributed by atoms with Gasteiger partial charge in [-0.1, -0.05) is 26.0 Å². The molecule has 90 valence electrons. The van der Waals surface area contributed by atoms with Gasteiger partial charge in [-0.05, 0) is 36.6 Å². The van der Waals surface area contributed by atoms with Crippen molar-refractivity contribution < 1.29 is 5.11 Å². The molecule has 0 spiro atoms. The molecule has 3 heteroatoms. The molecule has 0 heterocycles. The molecular formula is C13H22N2O. The number of nitrogens with one attached hydrogen (secondary N) is 1. The Morgan fingerprint density at radius 2 is 2.12 bits per heavy atom. The number of hydrogen-bond donors (Lipinski definition) is 3. The third-order valence-electron chi connectivity index (χ3n) is 2.53. The summed E-state index contributed by atoms with van der Waals surface area (Å²) in [6.07, 6.45) is 0.652. The number of hydrogen-bond acceptors (Lipinski definition) is 3. The normalized spacial score (nSPS) is 13.0. The minimum absolute atomic E-state index is 0.476. The van der Waals surface area contributed by atoms with Crippen LogP contribution in [0, 0.1) is 5.92 Å². The molecule has 1 aromatic carbocycles. The van der Waals surface area contributed by atoms with E-state index in [2.05, 4.69) is 19.2 Å². The lowest BCUT2D eigenvalue weighted by Gasteiger charge is -2.13. The van der Waals surface area contributed by atoms with Crippen LogP contribution in [-0.4, -0.2) is 18.2 Å². The van der Waals surface area contributed by atoms with Gasteiger partial charge < -0.3 is 16.2 Å². The zero-order valence-corrected chi connectivity index (χ0v) is 10.1. The fraction of sp³-hybridized carbons (Fsp3) is 0.538. The van der Waals surface area contributed by atoms with E-state index in [-0.39, 0.29) is 0 Å². The van der Waals surface area contributed by atoms with Crippen molar-refractivity contribution in [2.75, 3.05) is 18.8 Å². The first-order valence-electron chi connectivity index (χ1n) is 5.84. The number of nitrogen functional groups attached to an aromatic ring is 1. The van der Waals surface area contributed by atoms with Crippen LogP contribution in [0.5, 0.6) is 0 Å². The third kappa shape index (κ3) is 4.64. The van der Waals surface area contributed by atoms with Gasteiger partial charge in [0.2, 0.25) is 0 Å². The fourth-order valence-electron chi connectivity index (χ4n) is 1.51. The zero-order valence-electron chi connectivity index (χ0n) is 10.1. The van der Waals surface area contributed by atoms with Crippen molar-refractivity contribution in [3.63, 3.8) is 0 Å². The van der Waals surface area contributed by atoms with Crippen molar-refractivity contribution in [3.05, 3.63) is 29.8 Å². The summed E-state index contributed by atoms with van der Waals surface area (Å²) < 4.78 is 0. The molecule has 3 nitrogen and oxygen atoms in total. The van der Waals surface area contributed by atoms with Crippen LogP contribution >= 0.6 is 0 Å². The molecule has 0 amide bonds. The average molecular weight is 222 g/mol. The Balaban J connectivity index is 2.32. The van der Waals surface area contributed by atoms with Gasteiger partial charge in [0.25, 0.3) is 0 Å². The van der Waals surface area contributed by atoms with Crippen molar-refractivity contribution in [2.24, 2.45) is 5.92 Å². The van der Waals surface area contributed by atoms with Crippen molar-refractivity contribution >= 4 is 5.69 Å². The maximum Gasteiger partial charge on any atom is 0.0915 e. The van der Waals surface area contributed by atoms with E-state index in [0.29, 0.717) is 18.2 Å². The average Bonchev–Trinajstić information content (AvgIpc) is 2.24. The molecule has 0 saturated carbocycles. The molecule has 0 aromatic heterocycles. The Morgan fingerprint density at radius 1 is 1.38 bits per heavy atom. The first-order valence-corrected chi connectivity index (χ1v) is 5.84. The van der Waals surface area contributed by atoms with E-state index >= 15 is 0 Å². The Labute approximate surface area is 97.7 Å². The second-order valence-corrected chi connectivity index (χ2v) is 4.57. The highest BCUT2D eigenvalue weighted by Gasteiger charge is 2.06. The summed E-state index contributed by atoms with van der Waals surface area (Å²) in [5.74, 6) is 0.692. The lowest BCUT2D eigenvalue weighted by molar-refractivity contribution is 0.174. The lowest BCUT2D eigenvalue weighted by Crippen LogP contribution is -2.23. The Morgan fingerprint density at radius 3 is 2.75 bits per heavy atom. The standard InChI is InChI=1S/C13H22N2O/c1-10(2)6-7-15-9-13(16)11-4-3-5-12(14)8-11/h3-5,8,10,13,15-16H,6-7,9,14H2,1-2H3. The van der Waals surface area contributed by atoms with E-state index in [1.165, 1.54) is 0 Å². The molecule has 0 aliphatic carbocycles. The van der Waals surface area contributed by atoms with Crippen LogP contribution in [0.2, 0.25) is 0 Å². The van der Waals surface area contributed by atoms with Crippen molar-refractivity contribution in [1.29, 1.82) is 0 Å². The van der Waals surface area contributed by atoms with Crippen LogP contribution in [0.4, 0.5) is 5.69 Å². The molecule has 16 heavy (non-hydrogen) atoms. The summed E-state index contributed by atoms with van der Waals surface area (Å²) in [6, 6.07) is 7.39. The fourth-order valence-corrected chi connectivity index (χ4v) is 1.51. The number of aliphatic hydroxyl groups excluding tert-OH is 1. The van der Waals surface area contributed by atoms with Gasteiger partial charge in [-0.25, -0.2) is 0 Å². The van der Waals surface area contributed by atoms with Crippen LogP contribution in [0.3, 0.4) is 0 Å². The Bertz CT molecular complexity index is 313. The van der Waals surface area contributed by atoms with E-state index in [9.17, 15) is 5.11 Å². The first kappa shape index (κ1) is 13.0. The lowest BCUT2D eigenvalue weighted by atomic mass is 10.1. The molecule has 0 saturated heterocycles. The first-order chi connectivity index (χ1) is 7.59. The molecule has 0 radical (unpaired) electrons. The number of aliphatic hydroxyl groups is 1. The molecule has 1 atom stereocenters. The molecule has 1 aromatic rings. The minimum Gasteiger partial charge on any atom is -0.399 e. The highest BCUT2D eigenvalue weighted by Crippen LogP contribution is 2.14. The zero-order chi connectivity index (χ0) is 12.0. The van der Waals surface area contributed by atoms with Gasteiger partial charge in [-0.3, -0.25) is 0 Å². The van der Waals surface area contributed by atoms with Gasteiger partial charge in [-0.15, -0.1) is 0 Å². The number of anilines is 1. The molecule has 4 N–H and O–H groups in total. The Hall–Kier alpha value is -1.06. The molecule has 0 fully saturated rings. The van der Waals surface area contributed by atoms with Gasteiger partial charge >= 0.3 is 0 Å². The largest absolute Gasteiger partial charge is 0.399 e. The van der Waals surface area contributed by atoms with Crippen LogP contribution < -0.4 is 11.1 Å². The van der Waals surface area contributed by atoms with E-state index in [1.807, 2.05) is 24.3 Å². The van der Waals surface area contributed by atoms with Crippen molar-refractivity contribution in [1.82, 2.24) is 5.32 Å². The minimum atomic E-state index is -0.476. The smallest absolute Gasteiger partial charge is 0.0915 e. The molecule has 0 aliphatic rings. The molecular weight excluding hydrogens is 200 g/mol. The summed E-state index contributed by atoms with van der Waals surface area (Å²) in [4.78, 5) is 0. The van der Waals surface area contributed by atoms with Gasteiger partial charge in [0.1, 0.15) is 0 Å². The highest BCUT2D eigenvalue weighted by atomic mass is 16.3. The topological polar surface area (TPSA) is 58.3 Å². The van der Waals surface area contributed by atoms with E-state index in [0.717, 1.165) is 18.5 Å². The van der Waals surface area contributed by atoms with Gasteiger partial charge in [-0.2, -0.15) is 0 Å². The van der Waals surface area contributed by atoms with Crippen LogP contribution in [-0.2, 0) is 0 Å². The second-order valence-electron chi connectivity index (χ2n) is 4.57. The molecule has 1 unspecified atom stereocenters. The third-order valence-corrected chi connectivity index (χ3v) is 2.53. The van der Waals surface area contributed by atoms with Crippen molar-refractivity contribution in [3.8, 4) is 0 Å². The summed E-state index contributed by atoms with van der Waals surface area (Å²) in [5, 5.41) is 13.1. The predicted octanol–water partition coefficient (Wildman–Crippen LogP) is 1.94.